The fraction of sp³-hybridized carbons (Fsp3) is 0.500. The van der Waals surface area contributed by atoms with Crippen molar-refractivity contribution in [2.45, 2.75) is 39.5 Å². The molecule has 0 amide bonds. The molecule has 20 heteroatoms. The van der Waals surface area contributed by atoms with E-state index in [0.29, 0.717) is 0 Å². The first kappa shape index (κ1) is 29.7. The molecular formula is C14H8F11NO6S2. The third kappa shape index (κ3) is 6.60. The number of nitro groups is 1. The Morgan fingerprint density at radius 3 is 2.03 bits per heavy atom. The monoisotopic (exact) mass is 559 g/mol. The summed E-state index contributed by atoms with van der Waals surface area (Å²) in [7, 11) is -5.21. The van der Waals surface area contributed by atoms with Gasteiger partial charge in [-0.25, -0.2) is 17.2 Å². The van der Waals surface area contributed by atoms with Crippen LogP contribution in [0.1, 0.15) is 0 Å². The number of halogens is 11. The van der Waals surface area contributed by atoms with Crippen LogP contribution in [0.4, 0.5) is 54.0 Å². The first-order valence-electron chi connectivity index (χ1n) is 7.89. The van der Waals surface area contributed by atoms with E-state index in [0.717, 1.165) is 0 Å². The smallest absolute Gasteiger partial charge is 0.458 e. The normalized spacial score (nSPS) is 13.8. The number of hydrogen-bond donors (Lipinski definition) is 0. The van der Waals surface area contributed by atoms with E-state index in [-0.39, 0.29) is 18.2 Å². The van der Waals surface area contributed by atoms with E-state index in [1.54, 1.807) is 0 Å². The van der Waals surface area contributed by atoms with Gasteiger partial charge in [-0.3, -0.25) is 14.9 Å². The predicted octanol–water partition coefficient (Wildman–Crippen LogP) is 4.69. The molecule has 0 saturated carbocycles. The lowest BCUT2D eigenvalue weighted by atomic mass is 10.3. The van der Waals surface area contributed by atoms with Gasteiger partial charge in [0.05, 0.1) is 4.92 Å². The molecule has 1 rings (SSSR count). The maximum absolute atomic E-state index is 13.5. The van der Waals surface area contributed by atoms with Crippen molar-refractivity contribution in [2.24, 2.45) is 0 Å². The average molecular weight is 559 g/mol. The first-order valence-corrected chi connectivity index (χ1v) is 10.4. The summed E-state index contributed by atoms with van der Waals surface area (Å²) < 4.78 is 167. The van der Waals surface area contributed by atoms with Crippen molar-refractivity contribution >= 4 is 33.3 Å². The second-order valence-corrected chi connectivity index (χ2v) is 9.21. The third-order valence-electron chi connectivity index (χ3n) is 3.48. The molecule has 1 aromatic carbocycles. The summed E-state index contributed by atoms with van der Waals surface area (Å²) in [6.45, 7) is -2.26. The van der Waals surface area contributed by atoms with Gasteiger partial charge in [-0.05, 0) is 23.9 Å². The molecule has 0 aliphatic heterocycles. The molecule has 0 radical (unpaired) electrons. The number of nitro benzene ring substituents is 1. The van der Waals surface area contributed by atoms with Gasteiger partial charge in [0.2, 0.25) is 0 Å². The maximum atomic E-state index is 13.5. The van der Waals surface area contributed by atoms with E-state index in [4.69, 9.17) is 0 Å². The molecule has 0 spiro atoms. The van der Waals surface area contributed by atoms with E-state index < -0.39 is 90.0 Å². The second-order valence-electron chi connectivity index (χ2n) is 6.06. The van der Waals surface area contributed by atoms with Crippen LogP contribution in [0, 0.1) is 10.1 Å². The Hall–Kier alpha value is -2.38. The van der Waals surface area contributed by atoms with Gasteiger partial charge in [-0.15, -0.1) is 0 Å². The van der Waals surface area contributed by atoms with E-state index in [9.17, 15) is 71.6 Å². The highest BCUT2D eigenvalue weighted by Crippen LogP contribution is 2.54. The minimum atomic E-state index is -6.72. The number of sulfone groups is 1. The Bertz CT molecular complexity index is 1040. The highest BCUT2D eigenvalue weighted by molar-refractivity contribution is 8.00. The Kier molecular flexibility index (Phi) is 8.46. The summed E-state index contributed by atoms with van der Waals surface area (Å²) >= 11 is -1.49. The molecule has 0 atom stereocenters. The lowest BCUT2D eigenvalue weighted by molar-refractivity contribution is -0.388. The average Bonchev–Trinajstić information content (AvgIpc) is 2.64. The van der Waals surface area contributed by atoms with Crippen LogP contribution in [0.5, 0.6) is 0 Å². The standard InChI is InChI=1S/C14H8F11NO6S2/c15-10(16)11(17,18)5-32-9(27)4-34(30,31)8-2-1-6(3-7(8)26(28)29)33-14(24,25)12(19,20)13(21,22)23/h1-3,10H,4-5H2. The molecule has 0 aromatic heterocycles. The van der Waals surface area contributed by atoms with Crippen molar-refractivity contribution in [1.82, 2.24) is 0 Å². The quantitative estimate of drug-likeness (QED) is 0.135. The minimum Gasteiger partial charge on any atom is -0.458 e. The number of esters is 1. The number of thioether (sulfide) groups is 1. The Balaban J connectivity index is 3.23. The number of carbonyl (C=O) groups excluding carboxylic acids is 1. The molecule has 1 aromatic rings. The van der Waals surface area contributed by atoms with Gasteiger partial charge in [0.1, 0.15) is 4.90 Å². The third-order valence-corrected chi connectivity index (χ3v) is 6.12. The summed E-state index contributed by atoms with van der Waals surface area (Å²) in [4.78, 5) is 18.1. The van der Waals surface area contributed by atoms with E-state index >= 15 is 0 Å². The van der Waals surface area contributed by atoms with Gasteiger partial charge in [0.25, 0.3) is 5.69 Å². The van der Waals surface area contributed by atoms with Crippen LogP contribution in [0.15, 0.2) is 28.0 Å². The fourth-order valence-electron chi connectivity index (χ4n) is 1.86. The molecule has 0 heterocycles. The van der Waals surface area contributed by atoms with Crippen LogP contribution < -0.4 is 0 Å². The summed E-state index contributed by atoms with van der Waals surface area (Å²) in [6, 6.07) is 0.147. The SMILES string of the molecule is O=C(CS(=O)(=O)c1ccc(SC(F)(F)C(F)(F)C(F)(F)F)cc1[N+](=O)[O-])OCC(F)(F)C(F)F. The summed E-state index contributed by atoms with van der Waals surface area (Å²) in [5.74, 6) is -15.5. The van der Waals surface area contributed by atoms with Crippen molar-refractivity contribution in [3.63, 3.8) is 0 Å². The molecule has 0 bridgehead atoms. The fourth-order valence-corrected chi connectivity index (χ4v) is 3.98. The van der Waals surface area contributed by atoms with E-state index in [1.165, 1.54) is 0 Å². The Labute approximate surface area is 185 Å². The molecule has 0 aliphatic rings. The lowest BCUT2D eigenvalue weighted by Crippen LogP contribution is -2.49. The second kappa shape index (κ2) is 9.70. The Morgan fingerprint density at radius 1 is 1.06 bits per heavy atom. The van der Waals surface area contributed by atoms with Gasteiger partial charge in [-0.2, -0.15) is 39.5 Å². The van der Waals surface area contributed by atoms with Gasteiger partial charge < -0.3 is 4.74 Å². The molecule has 0 fully saturated rings. The molecule has 0 unspecified atom stereocenters. The summed E-state index contributed by atoms with van der Waals surface area (Å²) in [5, 5.41) is 5.17. The van der Waals surface area contributed by atoms with Crippen LogP contribution in [-0.2, 0) is 19.4 Å². The summed E-state index contributed by atoms with van der Waals surface area (Å²) in [6.07, 6.45) is -11.0. The van der Waals surface area contributed by atoms with Crippen LogP contribution in [-0.4, -0.2) is 61.4 Å². The molecule has 194 valence electrons. The maximum Gasteiger partial charge on any atom is 0.460 e. The van der Waals surface area contributed by atoms with Crippen molar-refractivity contribution < 1.29 is 71.2 Å². The topological polar surface area (TPSA) is 104 Å². The zero-order valence-electron chi connectivity index (χ0n) is 15.6. The number of hydrogen-bond acceptors (Lipinski definition) is 7. The molecular weight excluding hydrogens is 551 g/mol. The van der Waals surface area contributed by atoms with Gasteiger partial charge in [0.15, 0.2) is 22.2 Å². The van der Waals surface area contributed by atoms with Gasteiger partial charge in [0, 0.05) is 11.0 Å². The highest BCUT2D eigenvalue weighted by atomic mass is 32.2. The number of carbonyl (C=O) groups is 1. The summed E-state index contributed by atoms with van der Waals surface area (Å²) in [5.41, 5.74) is -1.66. The van der Waals surface area contributed by atoms with Crippen molar-refractivity contribution in [2.75, 3.05) is 12.4 Å². The lowest BCUT2D eigenvalue weighted by Gasteiger charge is -2.27. The molecule has 0 saturated heterocycles. The van der Waals surface area contributed by atoms with E-state index in [2.05, 4.69) is 4.74 Å². The number of benzene rings is 1. The van der Waals surface area contributed by atoms with Gasteiger partial charge in [-0.1, -0.05) is 0 Å². The number of nitrogens with zero attached hydrogens (tertiary/aromatic N) is 1. The molecule has 7 nitrogen and oxygen atoms in total. The van der Waals surface area contributed by atoms with Crippen LogP contribution in [0.2, 0.25) is 0 Å². The van der Waals surface area contributed by atoms with Crippen molar-refractivity contribution in [3.8, 4) is 0 Å². The minimum absolute atomic E-state index is 0.0959. The predicted molar refractivity (Wildman–Crippen MR) is 88.9 cm³/mol. The molecule has 0 N–H and O–H groups in total. The van der Waals surface area contributed by atoms with Crippen molar-refractivity contribution in [1.29, 1.82) is 0 Å². The van der Waals surface area contributed by atoms with Crippen molar-refractivity contribution in [3.05, 3.63) is 28.3 Å². The zero-order chi connectivity index (χ0) is 26.9. The number of rotatable bonds is 10. The largest absolute Gasteiger partial charge is 0.460 e. The molecule has 0 aliphatic carbocycles. The highest BCUT2D eigenvalue weighted by Gasteiger charge is 2.73. The molecule has 34 heavy (non-hydrogen) atoms. The van der Waals surface area contributed by atoms with Crippen LogP contribution in [0.25, 0.3) is 0 Å². The Morgan fingerprint density at radius 2 is 1.59 bits per heavy atom. The van der Waals surface area contributed by atoms with Gasteiger partial charge >= 0.3 is 35.7 Å². The first-order chi connectivity index (χ1) is 15.0. The zero-order valence-corrected chi connectivity index (χ0v) is 17.2. The number of ether oxygens (including phenoxy) is 1. The van der Waals surface area contributed by atoms with Crippen LogP contribution in [0.3, 0.4) is 0 Å². The van der Waals surface area contributed by atoms with Crippen LogP contribution >= 0.6 is 11.8 Å². The van der Waals surface area contributed by atoms with E-state index in [1.807, 2.05) is 0 Å². The number of alkyl halides is 11.